The first-order valence-electron chi connectivity index (χ1n) is 9.31. The lowest BCUT2D eigenvalue weighted by atomic mass is 10.0. The molecule has 0 atom stereocenters. The molecule has 0 fully saturated rings. The predicted molar refractivity (Wildman–Crippen MR) is 108 cm³/mol. The summed E-state index contributed by atoms with van der Waals surface area (Å²) in [4.78, 5) is 37.2. The van der Waals surface area contributed by atoms with Crippen molar-refractivity contribution in [3.63, 3.8) is 0 Å². The highest BCUT2D eigenvalue weighted by Crippen LogP contribution is 2.31. The van der Waals surface area contributed by atoms with Gasteiger partial charge in [0.1, 0.15) is 11.4 Å². The van der Waals surface area contributed by atoms with Crippen LogP contribution in [-0.4, -0.2) is 34.8 Å². The van der Waals surface area contributed by atoms with Crippen LogP contribution in [0.4, 0.5) is 11.4 Å². The molecule has 2 aromatic rings. The van der Waals surface area contributed by atoms with Crippen molar-refractivity contribution in [2.75, 3.05) is 18.5 Å². The number of imide groups is 1. The quantitative estimate of drug-likeness (QED) is 0.416. The summed E-state index contributed by atoms with van der Waals surface area (Å²) in [5, 5.41) is 13.9. The molecule has 0 saturated carbocycles. The van der Waals surface area contributed by atoms with Gasteiger partial charge in [-0.1, -0.05) is 13.0 Å². The zero-order valence-corrected chi connectivity index (χ0v) is 16.2. The molecule has 150 valence electrons. The Morgan fingerprint density at radius 1 is 1.07 bits per heavy atom. The van der Waals surface area contributed by atoms with Gasteiger partial charge in [0, 0.05) is 30.4 Å². The lowest BCUT2D eigenvalue weighted by Gasteiger charge is -2.12. The third-order valence-corrected chi connectivity index (χ3v) is 4.43. The number of carbonyl (C=O) groups is 2. The molecule has 2 aromatic carbocycles. The molecular weight excluding hydrogens is 374 g/mol. The third-order valence-electron chi connectivity index (χ3n) is 4.43. The molecule has 0 spiro atoms. The number of hydrogen-bond acceptors (Lipinski definition) is 6. The summed E-state index contributed by atoms with van der Waals surface area (Å²) in [6.07, 6.45) is 0.867. The first-order chi connectivity index (χ1) is 14.0. The van der Waals surface area contributed by atoms with Crippen molar-refractivity contribution in [2.24, 2.45) is 0 Å². The van der Waals surface area contributed by atoms with E-state index in [-0.39, 0.29) is 23.5 Å². The van der Waals surface area contributed by atoms with Crippen molar-refractivity contribution in [1.29, 1.82) is 0 Å². The third kappa shape index (κ3) is 4.11. The second-order valence-corrected chi connectivity index (χ2v) is 6.41. The molecule has 2 amide bonds. The summed E-state index contributed by atoms with van der Waals surface area (Å²) in [7, 11) is 0. The monoisotopic (exact) mass is 395 g/mol. The highest BCUT2D eigenvalue weighted by Gasteiger charge is 2.38. The number of likely N-dealkylation sites (N-methyl/N-ethyl adjacent to an activating group) is 1. The molecule has 0 aromatic heterocycles. The number of hydrogen-bond donors (Lipinski definition) is 1. The maximum atomic E-state index is 12.8. The van der Waals surface area contributed by atoms with Crippen molar-refractivity contribution < 1.29 is 19.2 Å². The van der Waals surface area contributed by atoms with Gasteiger partial charge in [0.2, 0.25) is 0 Å². The zero-order chi connectivity index (χ0) is 21.0. The highest BCUT2D eigenvalue weighted by molar-refractivity contribution is 6.36. The van der Waals surface area contributed by atoms with Crippen LogP contribution in [0.1, 0.15) is 25.8 Å². The summed E-state index contributed by atoms with van der Waals surface area (Å²) in [5.41, 5.74) is 1.27. The summed E-state index contributed by atoms with van der Waals surface area (Å²) in [6, 6.07) is 12.7. The summed E-state index contributed by atoms with van der Waals surface area (Å²) >= 11 is 0. The minimum atomic E-state index is -0.515. The van der Waals surface area contributed by atoms with E-state index in [0.717, 1.165) is 11.3 Å². The number of nitrogens with one attached hydrogen (secondary N) is 1. The number of non-ortho nitro benzene ring substituents is 1. The van der Waals surface area contributed by atoms with Gasteiger partial charge in [0.05, 0.1) is 17.1 Å². The Morgan fingerprint density at radius 3 is 2.41 bits per heavy atom. The largest absolute Gasteiger partial charge is 0.494 e. The van der Waals surface area contributed by atoms with Crippen LogP contribution in [0, 0.1) is 10.1 Å². The average Bonchev–Trinajstić information content (AvgIpc) is 2.95. The number of nitro benzene ring substituents is 1. The minimum Gasteiger partial charge on any atom is -0.494 e. The fourth-order valence-corrected chi connectivity index (χ4v) is 3.02. The van der Waals surface area contributed by atoms with Crippen molar-refractivity contribution in [3.8, 4) is 5.75 Å². The Kier molecular flexibility index (Phi) is 5.92. The smallest absolute Gasteiger partial charge is 0.278 e. The number of amides is 2. The molecule has 3 rings (SSSR count). The first-order valence-corrected chi connectivity index (χ1v) is 9.31. The van der Waals surface area contributed by atoms with E-state index >= 15 is 0 Å². The number of benzene rings is 2. The van der Waals surface area contributed by atoms with E-state index < -0.39 is 16.7 Å². The number of carbonyl (C=O) groups excluding carboxylic acids is 2. The van der Waals surface area contributed by atoms with Crippen molar-refractivity contribution >= 4 is 28.8 Å². The summed E-state index contributed by atoms with van der Waals surface area (Å²) in [5.74, 6) is -0.226. The van der Waals surface area contributed by atoms with Gasteiger partial charge in [0.25, 0.3) is 17.5 Å². The van der Waals surface area contributed by atoms with Gasteiger partial charge in [0.15, 0.2) is 0 Å². The van der Waals surface area contributed by atoms with Crippen molar-refractivity contribution in [1.82, 2.24) is 4.90 Å². The van der Waals surface area contributed by atoms with Crippen molar-refractivity contribution in [2.45, 2.75) is 20.3 Å². The van der Waals surface area contributed by atoms with Gasteiger partial charge in [-0.2, -0.15) is 0 Å². The Morgan fingerprint density at radius 2 is 1.79 bits per heavy atom. The van der Waals surface area contributed by atoms with Crippen LogP contribution in [0.25, 0.3) is 5.57 Å². The lowest BCUT2D eigenvalue weighted by Crippen LogP contribution is -2.32. The molecule has 1 heterocycles. The molecule has 29 heavy (non-hydrogen) atoms. The van der Waals surface area contributed by atoms with Gasteiger partial charge >= 0.3 is 0 Å². The number of ether oxygens (including phenoxy) is 1. The van der Waals surface area contributed by atoms with E-state index in [4.69, 9.17) is 4.74 Å². The second kappa shape index (κ2) is 8.55. The average molecular weight is 395 g/mol. The van der Waals surface area contributed by atoms with Gasteiger partial charge in [-0.15, -0.1) is 0 Å². The van der Waals surface area contributed by atoms with Crippen LogP contribution in [0.15, 0.2) is 54.2 Å². The van der Waals surface area contributed by atoms with Crippen LogP contribution in [0.5, 0.6) is 5.75 Å². The van der Waals surface area contributed by atoms with E-state index in [2.05, 4.69) is 5.32 Å². The van der Waals surface area contributed by atoms with E-state index in [9.17, 15) is 19.7 Å². The highest BCUT2D eigenvalue weighted by atomic mass is 16.6. The van der Waals surface area contributed by atoms with E-state index in [0.29, 0.717) is 23.6 Å². The molecular formula is C21H21N3O5. The fraction of sp³-hybridized carbons (Fsp3) is 0.238. The normalized spacial score (nSPS) is 13.8. The lowest BCUT2D eigenvalue weighted by molar-refractivity contribution is -0.384. The summed E-state index contributed by atoms with van der Waals surface area (Å²) in [6.45, 7) is 4.51. The predicted octanol–water partition coefficient (Wildman–Crippen LogP) is 3.60. The van der Waals surface area contributed by atoms with E-state index in [1.807, 2.05) is 13.0 Å². The number of rotatable bonds is 8. The first kappa shape index (κ1) is 20.1. The Hall–Kier alpha value is -3.68. The maximum Gasteiger partial charge on any atom is 0.278 e. The van der Waals surface area contributed by atoms with Gasteiger partial charge in [-0.05, 0) is 43.2 Å². The van der Waals surface area contributed by atoms with Gasteiger partial charge in [-0.3, -0.25) is 24.6 Å². The molecule has 1 aliphatic heterocycles. The topological polar surface area (TPSA) is 102 Å². The molecule has 0 bridgehead atoms. The Balaban J connectivity index is 2.00. The molecule has 8 heteroatoms. The number of nitrogens with zero attached hydrogens (tertiary/aromatic N) is 2. The van der Waals surface area contributed by atoms with Gasteiger partial charge < -0.3 is 10.1 Å². The van der Waals surface area contributed by atoms with Crippen LogP contribution >= 0.6 is 0 Å². The minimum absolute atomic E-state index is 0.0891. The van der Waals surface area contributed by atoms with Crippen LogP contribution in [0.2, 0.25) is 0 Å². The Labute approximate surface area is 167 Å². The molecule has 0 radical (unpaired) electrons. The number of anilines is 1. The zero-order valence-electron chi connectivity index (χ0n) is 16.2. The molecule has 0 saturated heterocycles. The molecule has 0 unspecified atom stereocenters. The standard InChI is InChI=1S/C21H21N3O5/c1-3-12-29-17-7-5-6-15(13-17)22-19-18(20(25)23(4-2)21(19)26)14-8-10-16(11-9-14)24(27)28/h5-11,13,22H,3-4,12H2,1-2H3. The SMILES string of the molecule is CCCOc1cccc(NC2=C(c3ccc([N+](=O)[O-])cc3)C(=O)N(CC)C2=O)c1. The fourth-order valence-electron chi connectivity index (χ4n) is 3.02. The van der Waals surface area contributed by atoms with Crippen LogP contribution in [0.3, 0.4) is 0 Å². The van der Waals surface area contributed by atoms with Crippen LogP contribution < -0.4 is 10.1 Å². The van der Waals surface area contributed by atoms with Crippen molar-refractivity contribution in [3.05, 3.63) is 69.9 Å². The van der Waals surface area contributed by atoms with Crippen LogP contribution in [-0.2, 0) is 9.59 Å². The maximum absolute atomic E-state index is 12.8. The Bertz CT molecular complexity index is 982. The van der Waals surface area contributed by atoms with E-state index in [1.54, 1.807) is 25.1 Å². The number of nitro groups is 1. The molecule has 8 nitrogen and oxygen atoms in total. The molecule has 1 aliphatic rings. The molecule has 1 N–H and O–H groups in total. The molecule has 0 aliphatic carbocycles. The van der Waals surface area contributed by atoms with E-state index in [1.165, 1.54) is 24.3 Å². The van der Waals surface area contributed by atoms with Gasteiger partial charge in [-0.25, -0.2) is 0 Å². The summed E-state index contributed by atoms with van der Waals surface area (Å²) < 4.78 is 5.62. The second-order valence-electron chi connectivity index (χ2n) is 6.41.